The topological polar surface area (TPSA) is 103 Å². The van der Waals surface area contributed by atoms with Crippen LogP contribution in [0.15, 0.2) is 89.2 Å². The molecule has 1 aromatic heterocycles. The number of hydrogen-bond donors (Lipinski definition) is 1. The SMILES string of the molecule is CC(NC(=O)c1ccc(Sc2nncn2C)c([N+](=O)[O-])c1)c1ccc(-c2ccccc2)cc1. The Bertz CT molecular complexity index is 1290. The Labute approximate surface area is 194 Å². The monoisotopic (exact) mass is 459 g/mol. The average Bonchev–Trinajstić information content (AvgIpc) is 3.24. The zero-order valence-electron chi connectivity index (χ0n) is 18.0. The Hall–Kier alpha value is -3.98. The Balaban J connectivity index is 1.49. The first-order valence-corrected chi connectivity index (χ1v) is 11.0. The molecular weight excluding hydrogens is 438 g/mol. The molecule has 0 aliphatic carbocycles. The van der Waals surface area contributed by atoms with Crippen LogP contribution in [0, 0.1) is 10.1 Å². The van der Waals surface area contributed by atoms with E-state index in [2.05, 4.69) is 15.5 Å². The minimum atomic E-state index is -0.499. The number of nitro groups is 1. The number of carbonyl (C=O) groups excluding carboxylic acids is 1. The Kier molecular flexibility index (Phi) is 6.50. The first kappa shape index (κ1) is 22.2. The minimum Gasteiger partial charge on any atom is -0.346 e. The molecule has 0 saturated heterocycles. The summed E-state index contributed by atoms with van der Waals surface area (Å²) >= 11 is 1.12. The van der Waals surface area contributed by atoms with Gasteiger partial charge in [0.05, 0.1) is 15.9 Å². The van der Waals surface area contributed by atoms with Crippen LogP contribution in [0.4, 0.5) is 5.69 Å². The van der Waals surface area contributed by atoms with Crippen molar-refractivity contribution in [1.29, 1.82) is 0 Å². The van der Waals surface area contributed by atoms with Gasteiger partial charge >= 0.3 is 0 Å². The molecule has 4 aromatic rings. The van der Waals surface area contributed by atoms with Gasteiger partial charge in [0, 0.05) is 18.7 Å². The fourth-order valence-corrected chi connectivity index (χ4v) is 4.16. The average molecular weight is 460 g/mol. The number of nitro benzene ring substituents is 1. The number of carbonyl (C=O) groups is 1. The van der Waals surface area contributed by atoms with Crippen molar-refractivity contribution >= 4 is 23.4 Å². The van der Waals surface area contributed by atoms with Crippen molar-refractivity contribution in [3.8, 4) is 11.1 Å². The summed E-state index contributed by atoms with van der Waals surface area (Å²) in [5.41, 5.74) is 3.20. The van der Waals surface area contributed by atoms with Crippen LogP contribution in [0.3, 0.4) is 0 Å². The molecule has 9 heteroatoms. The maximum Gasteiger partial charge on any atom is 0.284 e. The number of hydrogen-bond acceptors (Lipinski definition) is 6. The highest BCUT2D eigenvalue weighted by Gasteiger charge is 2.21. The second-order valence-corrected chi connectivity index (χ2v) is 8.46. The zero-order chi connectivity index (χ0) is 23.4. The lowest BCUT2D eigenvalue weighted by atomic mass is 10.0. The van der Waals surface area contributed by atoms with Crippen LogP contribution in [0.25, 0.3) is 11.1 Å². The fourth-order valence-electron chi connectivity index (χ4n) is 3.31. The Morgan fingerprint density at radius 1 is 1.06 bits per heavy atom. The highest BCUT2D eigenvalue weighted by molar-refractivity contribution is 7.99. The van der Waals surface area contributed by atoms with Crippen LogP contribution in [0.2, 0.25) is 0 Å². The van der Waals surface area contributed by atoms with E-state index in [1.54, 1.807) is 23.7 Å². The number of nitrogens with zero attached hydrogens (tertiary/aromatic N) is 4. The summed E-state index contributed by atoms with van der Waals surface area (Å²) in [6.45, 7) is 1.88. The van der Waals surface area contributed by atoms with Gasteiger partial charge < -0.3 is 9.88 Å². The minimum absolute atomic E-state index is 0.157. The van der Waals surface area contributed by atoms with E-state index >= 15 is 0 Å². The molecule has 0 aliphatic heterocycles. The van der Waals surface area contributed by atoms with Crippen LogP contribution in [-0.2, 0) is 7.05 Å². The predicted molar refractivity (Wildman–Crippen MR) is 126 cm³/mol. The summed E-state index contributed by atoms with van der Waals surface area (Å²) in [7, 11) is 1.75. The van der Waals surface area contributed by atoms with Crippen molar-refractivity contribution < 1.29 is 9.72 Å². The van der Waals surface area contributed by atoms with Crippen molar-refractivity contribution in [3.63, 3.8) is 0 Å². The van der Waals surface area contributed by atoms with Gasteiger partial charge in [0.25, 0.3) is 11.6 Å². The molecule has 0 saturated carbocycles. The van der Waals surface area contributed by atoms with Gasteiger partial charge in [0.2, 0.25) is 0 Å². The lowest BCUT2D eigenvalue weighted by Gasteiger charge is -2.15. The molecule has 4 rings (SSSR count). The van der Waals surface area contributed by atoms with Crippen LogP contribution in [0.1, 0.15) is 28.9 Å². The lowest BCUT2D eigenvalue weighted by molar-refractivity contribution is -0.387. The highest BCUT2D eigenvalue weighted by Crippen LogP contribution is 2.34. The standard InChI is InChI=1S/C24H21N5O3S/c1-16(17-8-10-19(11-9-17)18-6-4-3-5-7-18)26-23(30)20-12-13-22(21(14-20)29(31)32)33-24-27-25-15-28(24)2/h3-16H,1-2H3,(H,26,30). The van der Waals surface area contributed by atoms with Crippen LogP contribution in [-0.4, -0.2) is 25.6 Å². The first-order chi connectivity index (χ1) is 15.9. The summed E-state index contributed by atoms with van der Waals surface area (Å²) in [5.74, 6) is -0.382. The summed E-state index contributed by atoms with van der Waals surface area (Å²) < 4.78 is 1.67. The van der Waals surface area contributed by atoms with Gasteiger partial charge in [0.1, 0.15) is 6.33 Å². The molecule has 8 nitrogen and oxygen atoms in total. The van der Waals surface area contributed by atoms with Crippen molar-refractivity contribution in [1.82, 2.24) is 20.1 Å². The largest absolute Gasteiger partial charge is 0.346 e. The normalized spacial score (nSPS) is 11.7. The van der Waals surface area contributed by atoms with Crippen molar-refractivity contribution in [2.45, 2.75) is 23.0 Å². The molecule has 1 atom stereocenters. The Morgan fingerprint density at radius 2 is 1.76 bits per heavy atom. The molecule has 0 spiro atoms. The molecular formula is C24H21N5O3S. The Morgan fingerprint density at radius 3 is 2.39 bits per heavy atom. The van der Waals surface area contributed by atoms with E-state index in [0.29, 0.717) is 10.1 Å². The van der Waals surface area contributed by atoms with Gasteiger partial charge in [0.15, 0.2) is 5.16 Å². The second-order valence-electron chi connectivity index (χ2n) is 7.45. The molecule has 0 fully saturated rings. The number of aromatic nitrogens is 3. The maximum atomic E-state index is 12.8. The van der Waals surface area contributed by atoms with E-state index in [0.717, 1.165) is 28.5 Å². The van der Waals surface area contributed by atoms with E-state index < -0.39 is 4.92 Å². The van der Waals surface area contributed by atoms with E-state index in [9.17, 15) is 14.9 Å². The van der Waals surface area contributed by atoms with Crippen LogP contribution >= 0.6 is 11.8 Å². The molecule has 1 N–H and O–H groups in total. The predicted octanol–water partition coefficient (Wildman–Crippen LogP) is 5.03. The maximum absolute atomic E-state index is 12.8. The number of benzene rings is 3. The summed E-state index contributed by atoms with van der Waals surface area (Å²) in [5, 5.41) is 22.8. The molecule has 1 amide bonds. The molecule has 166 valence electrons. The van der Waals surface area contributed by atoms with Gasteiger partial charge in [-0.05, 0) is 47.5 Å². The van der Waals surface area contributed by atoms with Gasteiger partial charge in [-0.3, -0.25) is 14.9 Å². The number of nitrogens with one attached hydrogen (secondary N) is 1. The molecule has 0 radical (unpaired) electrons. The number of amides is 1. The molecule has 1 unspecified atom stereocenters. The number of aryl methyl sites for hydroxylation is 1. The first-order valence-electron chi connectivity index (χ1n) is 10.2. The summed E-state index contributed by atoms with van der Waals surface area (Å²) in [6, 6.07) is 22.1. The van der Waals surface area contributed by atoms with Crippen molar-refractivity contribution in [3.05, 3.63) is 100 Å². The van der Waals surface area contributed by atoms with Crippen LogP contribution < -0.4 is 5.32 Å². The second kappa shape index (κ2) is 9.66. The summed E-state index contributed by atoms with van der Waals surface area (Å²) in [4.78, 5) is 24.3. The van der Waals surface area contributed by atoms with E-state index in [4.69, 9.17) is 0 Å². The fraction of sp³-hybridized carbons (Fsp3) is 0.125. The van der Waals surface area contributed by atoms with E-state index in [1.165, 1.54) is 12.4 Å². The lowest BCUT2D eigenvalue weighted by Crippen LogP contribution is -2.26. The van der Waals surface area contributed by atoms with Gasteiger partial charge in [-0.25, -0.2) is 0 Å². The number of rotatable bonds is 7. The van der Waals surface area contributed by atoms with Crippen molar-refractivity contribution in [2.24, 2.45) is 7.05 Å². The van der Waals surface area contributed by atoms with Crippen molar-refractivity contribution in [2.75, 3.05) is 0 Å². The van der Waals surface area contributed by atoms with Gasteiger partial charge in [-0.15, -0.1) is 10.2 Å². The third-order valence-corrected chi connectivity index (χ3v) is 6.27. The third-order valence-electron chi connectivity index (χ3n) is 5.15. The van der Waals surface area contributed by atoms with Gasteiger partial charge in [-0.2, -0.15) is 0 Å². The molecule has 3 aromatic carbocycles. The van der Waals surface area contributed by atoms with E-state index in [1.807, 2.05) is 61.5 Å². The highest BCUT2D eigenvalue weighted by atomic mass is 32.2. The molecule has 0 bridgehead atoms. The van der Waals surface area contributed by atoms with Gasteiger partial charge in [-0.1, -0.05) is 54.6 Å². The molecule has 33 heavy (non-hydrogen) atoms. The molecule has 0 aliphatic rings. The quantitative estimate of drug-likeness (QED) is 0.307. The summed E-state index contributed by atoms with van der Waals surface area (Å²) in [6.07, 6.45) is 1.52. The zero-order valence-corrected chi connectivity index (χ0v) is 18.8. The van der Waals surface area contributed by atoms with Crippen LogP contribution in [0.5, 0.6) is 0 Å². The van der Waals surface area contributed by atoms with E-state index in [-0.39, 0.29) is 23.2 Å². The third kappa shape index (κ3) is 5.09. The molecule has 1 heterocycles. The smallest absolute Gasteiger partial charge is 0.284 e.